The number of carbonyl (C=O) groups excluding carboxylic acids is 2. The molecule has 0 radical (unpaired) electrons. The number of halogens is 4. The van der Waals surface area contributed by atoms with Gasteiger partial charge in [0.15, 0.2) is 0 Å². The van der Waals surface area contributed by atoms with Gasteiger partial charge in [0.25, 0.3) is 0 Å². The van der Waals surface area contributed by atoms with Crippen molar-refractivity contribution in [1.29, 1.82) is 0 Å². The van der Waals surface area contributed by atoms with E-state index in [4.69, 9.17) is 34.8 Å². The molecule has 0 aliphatic heterocycles. The zero-order valence-corrected chi connectivity index (χ0v) is 23.6. The molecule has 1 N–H and O–H groups in total. The molecule has 12 heteroatoms. The molecule has 0 bridgehead atoms. The van der Waals surface area contributed by atoms with Gasteiger partial charge in [0.2, 0.25) is 21.8 Å². The maximum absolute atomic E-state index is 13.9. The number of hydrogen-bond donors (Lipinski definition) is 1. The number of sulfonamides is 1. The molecule has 202 valence electrons. The normalized spacial score (nSPS) is 12.1. The van der Waals surface area contributed by atoms with Gasteiger partial charge in [-0.25, -0.2) is 12.8 Å². The Kier molecular flexibility index (Phi) is 10.0. The van der Waals surface area contributed by atoms with E-state index in [9.17, 15) is 22.4 Å². The van der Waals surface area contributed by atoms with Crippen molar-refractivity contribution in [3.63, 3.8) is 0 Å². The summed E-state index contributed by atoms with van der Waals surface area (Å²) in [6.45, 7) is -0.866. The second kappa shape index (κ2) is 12.8. The van der Waals surface area contributed by atoms with Crippen LogP contribution in [-0.4, -0.2) is 51.0 Å². The predicted molar refractivity (Wildman–Crippen MR) is 149 cm³/mol. The van der Waals surface area contributed by atoms with Crippen molar-refractivity contribution >= 4 is 62.3 Å². The third-order valence-corrected chi connectivity index (χ3v) is 7.92. The van der Waals surface area contributed by atoms with Gasteiger partial charge in [-0.1, -0.05) is 71.2 Å². The van der Waals surface area contributed by atoms with Crippen molar-refractivity contribution in [1.82, 2.24) is 10.2 Å². The zero-order chi connectivity index (χ0) is 28.0. The molecule has 0 saturated carbocycles. The number of carbonyl (C=O) groups is 2. The van der Waals surface area contributed by atoms with Crippen LogP contribution in [0, 0.1) is 5.82 Å². The molecule has 3 aromatic rings. The van der Waals surface area contributed by atoms with Crippen molar-refractivity contribution in [2.24, 2.45) is 0 Å². The molecule has 7 nitrogen and oxygen atoms in total. The van der Waals surface area contributed by atoms with Crippen LogP contribution in [0.4, 0.5) is 10.1 Å². The number of nitrogens with zero attached hydrogens (tertiary/aromatic N) is 2. The number of anilines is 1. The number of benzene rings is 3. The Morgan fingerprint density at radius 1 is 0.947 bits per heavy atom. The topological polar surface area (TPSA) is 86.8 Å². The van der Waals surface area contributed by atoms with Gasteiger partial charge in [-0.3, -0.25) is 13.9 Å². The fourth-order valence-electron chi connectivity index (χ4n) is 3.83. The quantitative estimate of drug-likeness (QED) is 0.357. The first kappa shape index (κ1) is 29.7. The molecule has 0 saturated heterocycles. The summed E-state index contributed by atoms with van der Waals surface area (Å²) in [6, 6.07) is 16.2. The predicted octanol–water partition coefficient (Wildman–Crippen LogP) is 4.94. The van der Waals surface area contributed by atoms with Crippen molar-refractivity contribution in [2.45, 2.75) is 19.0 Å². The summed E-state index contributed by atoms with van der Waals surface area (Å²) in [5, 5.41) is 2.81. The molecule has 3 aromatic carbocycles. The SMILES string of the molecule is CNC(=O)[C@H](Cc1ccccc1)N(Cc1c(Cl)cccc1Cl)C(=O)CN(c1ccc(F)c(Cl)c1)S(C)(=O)=O. The van der Waals surface area contributed by atoms with Gasteiger partial charge in [-0.2, -0.15) is 0 Å². The van der Waals surface area contributed by atoms with Gasteiger partial charge >= 0.3 is 0 Å². The molecule has 0 aliphatic rings. The fourth-order valence-corrected chi connectivity index (χ4v) is 5.36. The summed E-state index contributed by atoms with van der Waals surface area (Å²) in [5.41, 5.74) is 1.15. The maximum atomic E-state index is 13.9. The monoisotopic (exact) mass is 599 g/mol. The van der Waals surface area contributed by atoms with E-state index in [0.717, 1.165) is 28.3 Å². The largest absolute Gasteiger partial charge is 0.357 e. The lowest BCUT2D eigenvalue weighted by molar-refractivity contribution is -0.139. The van der Waals surface area contributed by atoms with Crippen LogP contribution in [0.1, 0.15) is 11.1 Å². The Morgan fingerprint density at radius 2 is 1.58 bits per heavy atom. The van der Waals surface area contributed by atoms with Crippen LogP contribution >= 0.6 is 34.8 Å². The summed E-state index contributed by atoms with van der Waals surface area (Å²) in [7, 11) is -2.58. The molecule has 1 atom stereocenters. The van der Waals surface area contributed by atoms with E-state index < -0.39 is 40.2 Å². The van der Waals surface area contributed by atoms with Crippen LogP contribution in [-0.2, 0) is 32.6 Å². The lowest BCUT2D eigenvalue weighted by atomic mass is 10.0. The van der Waals surface area contributed by atoms with Crippen LogP contribution in [0.3, 0.4) is 0 Å². The van der Waals surface area contributed by atoms with E-state index in [1.807, 2.05) is 18.2 Å². The highest BCUT2D eigenvalue weighted by Gasteiger charge is 2.33. The maximum Gasteiger partial charge on any atom is 0.244 e. The molecule has 0 heterocycles. The summed E-state index contributed by atoms with van der Waals surface area (Å²) < 4.78 is 40.0. The molecule has 0 fully saturated rings. The summed E-state index contributed by atoms with van der Waals surface area (Å²) >= 11 is 18.6. The molecule has 0 aliphatic carbocycles. The molecule has 0 spiro atoms. The number of amides is 2. The minimum atomic E-state index is -4.02. The average molecular weight is 601 g/mol. The van der Waals surface area contributed by atoms with Gasteiger partial charge in [-0.05, 0) is 35.9 Å². The van der Waals surface area contributed by atoms with E-state index in [1.54, 1.807) is 30.3 Å². The first-order valence-electron chi connectivity index (χ1n) is 11.3. The molecular weight excluding hydrogens is 576 g/mol. The van der Waals surface area contributed by atoms with Crippen LogP contribution in [0.15, 0.2) is 66.7 Å². The highest BCUT2D eigenvalue weighted by atomic mass is 35.5. The number of likely N-dealkylation sites (N-methyl/N-ethyl adjacent to an activating group) is 1. The van der Waals surface area contributed by atoms with Gasteiger partial charge in [0.05, 0.1) is 17.0 Å². The Labute approximate surface area is 236 Å². The molecule has 3 rings (SSSR count). The van der Waals surface area contributed by atoms with Gasteiger partial charge in [0.1, 0.15) is 18.4 Å². The first-order valence-corrected chi connectivity index (χ1v) is 14.3. The van der Waals surface area contributed by atoms with Gasteiger partial charge < -0.3 is 10.2 Å². The second-order valence-electron chi connectivity index (χ2n) is 8.41. The first-order chi connectivity index (χ1) is 17.9. The minimum absolute atomic E-state index is 0.0115. The van der Waals surface area contributed by atoms with Gasteiger partial charge in [0, 0.05) is 35.6 Å². The number of rotatable bonds is 10. The van der Waals surface area contributed by atoms with E-state index in [-0.39, 0.29) is 33.7 Å². The molecule has 0 unspecified atom stereocenters. The van der Waals surface area contributed by atoms with Crippen LogP contribution in [0.2, 0.25) is 15.1 Å². The lowest BCUT2D eigenvalue weighted by Gasteiger charge is -2.33. The van der Waals surface area contributed by atoms with E-state index in [1.165, 1.54) is 18.0 Å². The second-order valence-corrected chi connectivity index (χ2v) is 11.5. The Balaban J connectivity index is 2.08. The van der Waals surface area contributed by atoms with Crippen molar-refractivity contribution in [3.8, 4) is 0 Å². The standard InChI is InChI=1S/C26H25Cl3FN3O4S/c1-31-26(35)24(13-17-7-4-3-5-8-17)32(15-19-20(27)9-6-10-21(19)28)25(34)16-33(38(2,36)37)18-11-12-23(30)22(29)14-18/h3-12,14,24H,13,15-16H2,1-2H3,(H,31,35)/t24-/m0/s1. The minimum Gasteiger partial charge on any atom is -0.357 e. The van der Waals surface area contributed by atoms with Crippen LogP contribution in [0.5, 0.6) is 0 Å². The third kappa shape index (κ3) is 7.38. The third-order valence-electron chi connectivity index (χ3n) is 5.78. The lowest BCUT2D eigenvalue weighted by Crippen LogP contribution is -2.53. The Morgan fingerprint density at radius 3 is 2.13 bits per heavy atom. The average Bonchev–Trinajstić information content (AvgIpc) is 2.87. The number of hydrogen-bond acceptors (Lipinski definition) is 4. The van der Waals surface area contributed by atoms with Gasteiger partial charge in [-0.15, -0.1) is 0 Å². The van der Waals surface area contributed by atoms with Crippen molar-refractivity contribution in [3.05, 3.63) is 98.7 Å². The number of nitrogens with one attached hydrogen (secondary N) is 1. The highest BCUT2D eigenvalue weighted by molar-refractivity contribution is 7.92. The smallest absolute Gasteiger partial charge is 0.244 e. The Hall–Kier alpha value is -2.85. The molecular formula is C26H25Cl3FN3O4S. The van der Waals surface area contributed by atoms with Crippen LogP contribution < -0.4 is 9.62 Å². The van der Waals surface area contributed by atoms with E-state index in [0.29, 0.717) is 5.56 Å². The van der Waals surface area contributed by atoms with E-state index in [2.05, 4.69) is 5.32 Å². The summed E-state index contributed by atoms with van der Waals surface area (Å²) in [5.74, 6) is -1.93. The fraction of sp³-hybridized carbons (Fsp3) is 0.231. The molecule has 0 aromatic heterocycles. The summed E-state index contributed by atoms with van der Waals surface area (Å²) in [4.78, 5) is 28.2. The highest BCUT2D eigenvalue weighted by Crippen LogP contribution is 2.29. The molecule has 2 amide bonds. The zero-order valence-electron chi connectivity index (χ0n) is 20.5. The van der Waals surface area contributed by atoms with Crippen molar-refractivity contribution in [2.75, 3.05) is 24.2 Å². The Bertz CT molecular complexity index is 1400. The van der Waals surface area contributed by atoms with Crippen molar-refractivity contribution < 1.29 is 22.4 Å². The van der Waals surface area contributed by atoms with Crippen LogP contribution in [0.25, 0.3) is 0 Å². The molecule has 38 heavy (non-hydrogen) atoms. The summed E-state index contributed by atoms with van der Waals surface area (Å²) in [6.07, 6.45) is 1.04. The van der Waals surface area contributed by atoms with E-state index >= 15 is 0 Å².